The molecule has 2 N–H and O–H groups in total. The van der Waals surface area contributed by atoms with Crippen molar-refractivity contribution in [3.63, 3.8) is 0 Å². The van der Waals surface area contributed by atoms with Gasteiger partial charge in [0.15, 0.2) is 12.5 Å². The minimum Gasteiger partial charge on any atom is -0.398 e. The fourth-order valence-electron chi connectivity index (χ4n) is 3.77. The second kappa shape index (κ2) is 10.6. The Morgan fingerprint density at radius 3 is 2.91 bits per heavy atom. The van der Waals surface area contributed by atoms with Gasteiger partial charge in [-0.25, -0.2) is 0 Å². The molecule has 174 valence electrons. The molecule has 4 rings (SSSR count). The lowest BCUT2D eigenvalue weighted by atomic mass is 10.1. The number of hydrogen-bond donors (Lipinski definition) is 1. The lowest BCUT2D eigenvalue weighted by Crippen LogP contribution is -2.58. The highest BCUT2D eigenvalue weighted by Gasteiger charge is 2.36. The molecule has 1 saturated heterocycles. The molecule has 3 aromatic rings. The Balaban J connectivity index is 1.47. The summed E-state index contributed by atoms with van der Waals surface area (Å²) in [6.07, 6.45) is 4.50. The van der Waals surface area contributed by atoms with Crippen LogP contribution in [0.2, 0.25) is 4.34 Å². The van der Waals surface area contributed by atoms with Crippen molar-refractivity contribution in [2.24, 2.45) is 0 Å². The number of carbonyl (C=O) groups is 1. The summed E-state index contributed by atoms with van der Waals surface area (Å²) in [6.45, 7) is 4.12. The van der Waals surface area contributed by atoms with Crippen molar-refractivity contribution >= 4 is 51.5 Å². The van der Waals surface area contributed by atoms with E-state index in [9.17, 15) is 4.79 Å². The minimum absolute atomic E-state index is 0.0849. The second-order valence-electron chi connectivity index (χ2n) is 7.84. The van der Waals surface area contributed by atoms with Crippen LogP contribution in [-0.4, -0.2) is 60.0 Å². The Kier molecular flexibility index (Phi) is 7.62. The minimum atomic E-state index is -0.723. The molecule has 0 spiro atoms. The number of fused-ring (bicyclic) bond motifs is 1. The number of rotatable bonds is 8. The van der Waals surface area contributed by atoms with Gasteiger partial charge in [-0.3, -0.25) is 14.7 Å². The van der Waals surface area contributed by atoms with Gasteiger partial charge in [0.2, 0.25) is 0 Å². The Labute approximate surface area is 202 Å². The van der Waals surface area contributed by atoms with E-state index in [1.807, 2.05) is 52.3 Å². The summed E-state index contributed by atoms with van der Waals surface area (Å²) in [5, 5.41) is 0.909. The van der Waals surface area contributed by atoms with Crippen LogP contribution in [0.25, 0.3) is 17.0 Å². The number of methoxy groups -OCH3 is 1. The molecule has 1 fully saturated rings. The van der Waals surface area contributed by atoms with Crippen LogP contribution in [0.5, 0.6) is 0 Å². The smallest absolute Gasteiger partial charge is 0.267 e. The van der Waals surface area contributed by atoms with E-state index >= 15 is 0 Å². The third-order valence-electron chi connectivity index (χ3n) is 5.59. The van der Waals surface area contributed by atoms with Crippen molar-refractivity contribution < 1.29 is 14.3 Å². The molecule has 9 heteroatoms. The van der Waals surface area contributed by atoms with E-state index in [1.165, 1.54) is 11.3 Å². The van der Waals surface area contributed by atoms with Crippen LogP contribution in [0, 0.1) is 0 Å². The standard InChI is InChI=1S/C24H27ClN4O3S/c1-16(31-2)32-24-23(30)29(13-12-28(24)11-3-4-18-6-8-22(25)33-18)15-17-5-7-19-20(26)9-10-27-21(19)14-17/h3-10,14,16,24H,11-13,15H2,1-2H3,(H2,26,27)/t16-,24+/m1/s1. The normalized spacial score (nSPS) is 18.5. The zero-order chi connectivity index (χ0) is 23.4. The summed E-state index contributed by atoms with van der Waals surface area (Å²) >= 11 is 7.52. The average Bonchev–Trinajstić information content (AvgIpc) is 3.22. The first kappa shape index (κ1) is 23.7. The molecular formula is C24H27ClN4O3S. The summed E-state index contributed by atoms with van der Waals surface area (Å²) in [6, 6.07) is 11.6. The molecule has 0 radical (unpaired) electrons. The molecule has 0 unspecified atom stereocenters. The summed E-state index contributed by atoms with van der Waals surface area (Å²) in [5.74, 6) is -0.0849. The number of anilines is 1. The number of aromatic nitrogens is 1. The molecule has 1 aliphatic heterocycles. The number of benzene rings is 1. The fraction of sp³-hybridized carbons (Fsp3) is 0.333. The monoisotopic (exact) mass is 486 g/mol. The maximum Gasteiger partial charge on any atom is 0.267 e. The van der Waals surface area contributed by atoms with Gasteiger partial charge in [0.05, 0.1) is 9.85 Å². The maximum absolute atomic E-state index is 13.4. The molecule has 1 aromatic carbocycles. The molecule has 7 nitrogen and oxygen atoms in total. The molecule has 2 atom stereocenters. The van der Waals surface area contributed by atoms with Crippen LogP contribution in [-0.2, 0) is 20.8 Å². The molecule has 3 heterocycles. The summed E-state index contributed by atoms with van der Waals surface area (Å²) in [7, 11) is 1.56. The molecule has 0 saturated carbocycles. The predicted octanol–water partition coefficient (Wildman–Crippen LogP) is 4.22. The quantitative estimate of drug-likeness (QED) is 0.480. The highest BCUT2D eigenvalue weighted by Crippen LogP contribution is 2.24. The molecule has 1 aliphatic rings. The van der Waals surface area contributed by atoms with Crippen molar-refractivity contribution in [1.29, 1.82) is 0 Å². The Hall–Kier alpha value is -2.49. The number of nitrogens with two attached hydrogens (primary N) is 1. The van der Waals surface area contributed by atoms with Crippen LogP contribution >= 0.6 is 22.9 Å². The van der Waals surface area contributed by atoms with E-state index in [0.717, 1.165) is 25.7 Å². The summed E-state index contributed by atoms with van der Waals surface area (Å²) < 4.78 is 12.0. The third kappa shape index (κ3) is 5.72. The summed E-state index contributed by atoms with van der Waals surface area (Å²) in [5.41, 5.74) is 8.54. The predicted molar refractivity (Wildman–Crippen MR) is 133 cm³/mol. The number of halogens is 1. The Bertz CT molecular complexity index is 1150. The van der Waals surface area contributed by atoms with Crippen molar-refractivity contribution in [2.45, 2.75) is 26.0 Å². The largest absolute Gasteiger partial charge is 0.398 e. The third-order valence-corrected chi connectivity index (χ3v) is 6.79. The van der Waals surface area contributed by atoms with Crippen molar-refractivity contribution in [3.05, 3.63) is 63.4 Å². The topological polar surface area (TPSA) is 80.9 Å². The Morgan fingerprint density at radius 2 is 2.15 bits per heavy atom. The number of amides is 1. The fourth-order valence-corrected chi connectivity index (χ4v) is 4.76. The summed E-state index contributed by atoms with van der Waals surface area (Å²) in [4.78, 5) is 22.7. The van der Waals surface area contributed by atoms with Gasteiger partial charge in [0.1, 0.15) is 0 Å². The number of nitrogen functional groups attached to an aromatic ring is 1. The highest BCUT2D eigenvalue weighted by atomic mass is 35.5. The SMILES string of the molecule is CO[C@@H](C)O[C@H]1C(=O)N(Cc2ccc3c(N)ccnc3c2)CCN1CC=Cc1ccc(Cl)s1. The first-order chi connectivity index (χ1) is 15.9. The van der Waals surface area contributed by atoms with Crippen LogP contribution in [0.1, 0.15) is 17.4 Å². The number of piperazine rings is 1. The molecule has 0 aliphatic carbocycles. The lowest BCUT2D eigenvalue weighted by Gasteiger charge is -2.40. The van der Waals surface area contributed by atoms with Crippen LogP contribution < -0.4 is 5.73 Å². The van der Waals surface area contributed by atoms with E-state index in [-0.39, 0.29) is 5.91 Å². The number of pyridine rings is 1. The van der Waals surface area contributed by atoms with Crippen molar-refractivity contribution in [2.75, 3.05) is 32.5 Å². The van der Waals surface area contributed by atoms with Gasteiger partial charge in [-0.1, -0.05) is 29.8 Å². The average molecular weight is 487 g/mol. The van der Waals surface area contributed by atoms with Crippen LogP contribution in [0.4, 0.5) is 5.69 Å². The van der Waals surface area contributed by atoms with E-state index in [2.05, 4.69) is 4.98 Å². The van der Waals surface area contributed by atoms with Gasteiger partial charge < -0.3 is 20.1 Å². The van der Waals surface area contributed by atoms with Crippen LogP contribution in [0.15, 0.2) is 48.7 Å². The number of carbonyl (C=O) groups excluding carboxylic acids is 1. The number of hydrogen-bond acceptors (Lipinski definition) is 7. The van der Waals surface area contributed by atoms with Gasteiger partial charge in [0.25, 0.3) is 5.91 Å². The molecule has 1 amide bonds. The van der Waals surface area contributed by atoms with Gasteiger partial charge in [0, 0.05) is 55.4 Å². The molecule has 33 heavy (non-hydrogen) atoms. The zero-order valence-electron chi connectivity index (χ0n) is 18.6. The first-order valence-corrected chi connectivity index (χ1v) is 11.9. The highest BCUT2D eigenvalue weighted by molar-refractivity contribution is 7.16. The lowest BCUT2D eigenvalue weighted by molar-refractivity contribution is -0.207. The molecule has 2 aromatic heterocycles. The van der Waals surface area contributed by atoms with E-state index < -0.39 is 12.5 Å². The van der Waals surface area contributed by atoms with Gasteiger partial charge in [-0.05, 0) is 42.8 Å². The van der Waals surface area contributed by atoms with E-state index in [1.54, 1.807) is 26.3 Å². The van der Waals surface area contributed by atoms with Gasteiger partial charge in [-0.15, -0.1) is 11.3 Å². The van der Waals surface area contributed by atoms with Crippen LogP contribution in [0.3, 0.4) is 0 Å². The first-order valence-electron chi connectivity index (χ1n) is 10.7. The van der Waals surface area contributed by atoms with Gasteiger partial charge in [-0.2, -0.15) is 0 Å². The number of thiophene rings is 1. The van der Waals surface area contributed by atoms with Crippen molar-refractivity contribution in [3.8, 4) is 0 Å². The number of ether oxygens (including phenoxy) is 2. The molecular weight excluding hydrogens is 460 g/mol. The Morgan fingerprint density at radius 1 is 1.30 bits per heavy atom. The number of nitrogens with zero attached hydrogens (tertiary/aromatic N) is 3. The zero-order valence-corrected chi connectivity index (χ0v) is 20.2. The van der Waals surface area contributed by atoms with E-state index in [0.29, 0.717) is 31.9 Å². The van der Waals surface area contributed by atoms with E-state index in [4.69, 9.17) is 26.8 Å². The molecule has 0 bridgehead atoms. The maximum atomic E-state index is 13.4. The second-order valence-corrected chi connectivity index (χ2v) is 9.59. The van der Waals surface area contributed by atoms with Gasteiger partial charge >= 0.3 is 0 Å². The van der Waals surface area contributed by atoms with Crippen molar-refractivity contribution in [1.82, 2.24) is 14.8 Å².